The Bertz CT molecular complexity index is 1000. The third-order valence-corrected chi connectivity index (χ3v) is 4.37. The molecule has 0 saturated carbocycles. The summed E-state index contributed by atoms with van der Waals surface area (Å²) in [6.07, 6.45) is -0.415. The number of fused-ring (bicyclic) bond motifs is 1. The van der Waals surface area contributed by atoms with Crippen LogP contribution in [0.15, 0.2) is 36.4 Å². The first-order valence-corrected chi connectivity index (χ1v) is 8.50. The number of nitrogens with zero attached hydrogens (tertiary/aromatic N) is 3. The maximum Gasteiger partial charge on any atom is 0.270 e. The molecule has 0 aliphatic heterocycles. The monoisotopic (exact) mass is 387 g/mol. The fourth-order valence-electron chi connectivity index (χ4n) is 2.82. The van der Waals surface area contributed by atoms with Gasteiger partial charge in [-0.2, -0.15) is 5.10 Å². The van der Waals surface area contributed by atoms with E-state index in [0.29, 0.717) is 28.1 Å². The van der Waals surface area contributed by atoms with Crippen LogP contribution in [0.3, 0.4) is 0 Å². The van der Waals surface area contributed by atoms with E-state index in [1.165, 1.54) is 12.1 Å². The Morgan fingerprint density at radius 2 is 1.86 bits per heavy atom. The SMILES string of the molecule is COc1ccc(-c2nn(COC(C)OC)c3ccc([N+](=O)[O-])cc23)cc1OC. The van der Waals surface area contributed by atoms with Crippen LogP contribution < -0.4 is 9.47 Å². The van der Waals surface area contributed by atoms with Gasteiger partial charge in [0.2, 0.25) is 0 Å². The minimum absolute atomic E-state index is 0.0139. The standard InChI is InChI=1S/C19H21N3O6/c1-12(25-2)28-11-21-16-7-6-14(22(23)24)10-15(16)19(20-21)13-5-8-17(26-3)18(9-13)27-4/h5-10,12H,11H2,1-4H3. The smallest absolute Gasteiger partial charge is 0.270 e. The van der Waals surface area contributed by atoms with Crippen LogP contribution in [0.2, 0.25) is 0 Å². The van der Waals surface area contributed by atoms with Gasteiger partial charge in [0.1, 0.15) is 12.4 Å². The number of non-ortho nitro benzene ring substituents is 1. The molecule has 9 nitrogen and oxygen atoms in total. The van der Waals surface area contributed by atoms with Crippen LogP contribution in [0.5, 0.6) is 11.5 Å². The number of nitro benzene ring substituents is 1. The molecule has 28 heavy (non-hydrogen) atoms. The maximum absolute atomic E-state index is 11.2. The van der Waals surface area contributed by atoms with Crippen molar-refractivity contribution in [3.05, 3.63) is 46.5 Å². The summed E-state index contributed by atoms with van der Waals surface area (Å²) in [5, 5.41) is 16.5. The van der Waals surface area contributed by atoms with Gasteiger partial charge in [-0.3, -0.25) is 10.1 Å². The molecule has 3 rings (SSSR count). The average Bonchev–Trinajstić information content (AvgIpc) is 3.09. The minimum atomic E-state index is -0.432. The summed E-state index contributed by atoms with van der Waals surface area (Å²) in [5.74, 6) is 1.12. The highest BCUT2D eigenvalue weighted by molar-refractivity contribution is 5.95. The van der Waals surface area contributed by atoms with E-state index in [0.717, 1.165) is 5.56 Å². The summed E-state index contributed by atoms with van der Waals surface area (Å²) in [5.41, 5.74) is 2.01. The van der Waals surface area contributed by atoms with Crippen molar-refractivity contribution in [2.45, 2.75) is 19.9 Å². The van der Waals surface area contributed by atoms with Gasteiger partial charge in [0.15, 0.2) is 17.8 Å². The Morgan fingerprint density at radius 1 is 1.11 bits per heavy atom. The van der Waals surface area contributed by atoms with Gasteiger partial charge < -0.3 is 18.9 Å². The lowest BCUT2D eigenvalue weighted by Gasteiger charge is -2.11. The maximum atomic E-state index is 11.2. The zero-order valence-electron chi connectivity index (χ0n) is 16.0. The molecule has 2 aromatic carbocycles. The second kappa shape index (κ2) is 8.24. The molecule has 148 valence electrons. The number of methoxy groups -OCH3 is 3. The second-order valence-electron chi connectivity index (χ2n) is 5.98. The second-order valence-corrected chi connectivity index (χ2v) is 5.98. The van der Waals surface area contributed by atoms with Gasteiger partial charge in [0.05, 0.1) is 24.7 Å². The van der Waals surface area contributed by atoms with E-state index < -0.39 is 11.2 Å². The highest BCUT2D eigenvalue weighted by atomic mass is 16.7. The van der Waals surface area contributed by atoms with E-state index in [1.807, 2.05) is 6.07 Å². The molecule has 0 spiro atoms. The zero-order chi connectivity index (χ0) is 20.3. The highest BCUT2D eigenvalue weighted by Gasteiger charge is 2.18. The number of ether oxygens (including phenoxy) is 4. The van der Waals surface area contributed by atoms with Crippen LogP contribution in [0.1, 0.15) is 6.92 Å². The van der Waals surface area contributed by atoms with Crippen LogP contribution in [-0.4, -0.2) is 42.3 Å². The van der Waals surface area contributed by atoms with Crippen molar-refractivity contribution in [3.63, 3.8) is 0 Å². The van der Waals surface area contributed by atoms with E-state index in [9.17, 15) is 10.1 Å². The van der Waals surface area contributed by atoms with Crippen molar-refractivity contribution in [3.8, 4) is 22.8 Å². The Labute approximate surface area is 161 Å². The van der Waals surface area contributed by atoms with E-state index in [2.05, 4.69) is 5.10 Å². The van der Waals surface area contributed by atoms with Crippen molar-refractivity contribution in [2.24, 2.45) is 0 Å². The van der Waals surface area contributed by atoms with Gasteiger partial charge in [-0.1, -0.05) is 0 Å². The van der Waals surface area contributed by atoms with Crippen molar-refractivity contribution < 1.29 is 23.9 Å². The zero-order valence-corrected chi connectivity index (χ0v) is 16.0. The van der Waals surface area contributed by atoms with Gasteiger partial charge in [0.25, 0.3) is 5.69 Å². The van der Waals surface area contributed by atoms with Crippen molar-refractivity contribution >= 4 is 16.6 Å². The number of rotatable bonds is 8. The summed E-state index contributed by atoms with van der Waals surface area (Å²) < 4.78 is 23.0. The Hall–Kier alpha value is -3.17. The van der Waals surface area contributed by atoms with Gasteiger partial charge in [-0.25, -0.2) is 4.68 Å². The highest BCUT2D eigenvalue weighted by Crippen LogP contribution is 2.36. The summed E-state index contributed by atoms with van der Waals surface area (Å²) >= 11 is 0. The molecule has 9 heteroatoms. The molecule has 0 amide bonds. The van der Waals surface area contributed by atoms with Crippen molar-refractivity contribution in [1.82, 2.24) is 9.78 Å². The predicted molar refractivity (Wildman–Crippen MR) is 102 cm³/mol. The van der Waals surface area contributed by atoms with Crippen LogP contribution in [0, 0.1) is 10.1 Å². The topological polar surface area (TPSA) is 97.9 Å². The summed E-state index contributed by atoms with van der Waals surface area (Å²) in [6.45, 7) is 1.91. The van der Waals surface area contributed by atoms with Crippen LogP contribution in [-0.2, 0) is 16.2 Å². The summed E-state index contributed by atoms with van der Waals surface area (Å²) in [4.78, 5) is 10.8. The van der Waals surface area contributed by atoms with Crippen LogP contribution >= 0.6 is 0 Å². The van der Waals surface area contributed by atoms with Gasteiger partial charge in [-0.15, -0.1) is 0 Å². The number of hydrogen-bond donors (Lipinski definition) is 0. The Kier molecular flexibility index (Phi) is 5.76. The largest absolute Gasteiger partial charge is 0.493 e. The molecule has 1 atom stereocenters. The molecule has 3 aromatic rings. The molecular formula is C19H21N3O6. The molecule has 1 aromatic heterocycles. The van der Waals surface area contributed by atoms with E-state index in [4.69, 9.17) is 18.9 Å². The molecular weight excluding hydrogens is 366 g/mol. The average molecular weight is 387 g/mol. The lowest BCUT2D eigenvalue weighted by Crippen LogP contribution is -2.14. The third kappa shape index (κ3) is 3.75. The molecule has 1 unspecified atom stereocenters. The molecule has 1 heterocycles. The van der Waals surface area contributed by atoms with Crippen LogP contribution in [0.25, 0.3) is 22.2 Å². The number of hydrogen-bond acceptors (Lipinski definition) is 7. The molecule has 0 aliphatic carbocycles. The first-order valence-electron chi connectivity index (χ1n) is 8.50. The molecule has 0 radical (unpaired) electrons. The van der Waals surface area contributed by atoms with E-state index in [1.54, 1.807) is 51.1 Å². The Balaban J connectivity index is 2.14. The molecule has 0 fully saturated rings. The van der Waals surface area contributed by atoms with Gasteiger partial charge in [0, 0.05) is 30.2 Å². The first-order chi connectivity index (χ1) is 13.5. The lowest BCUT2D eigenvalue weighted by atomic mass is 10.1. The molecule has 0 saturated heterocycles. The fraction of sp³-hybridized carbons (Fsp3) is 0.316. The third-order valence-electron chi connectivity index (χ3n) is 4.37. The summed E-state index contributed by atoms with van der Waals surface area (Å²) in [6, 6.07) is 9.97. The number of aromatic nitrogens is 2. The van der Waals surface area contributed by atoms with E-state index >= 15 is 0 Å². The Morgan fingerprint density at radius 3 is 2.50 bits per heavy atom. The molecule has 0 bridgehead atoms. The molecule has 0 N–H and O–H groups in total. The van der Waals surface area contributed by atoms with Gasteiger partial charge in [-0.05, 0) is 31.2 Å². The number of benzene rings is 2. The minimum Gasteiger partial charge on any atom is -0.493 e. The normalized spacial score (nSPS) is 12.1. The van der Waals surface area contributed by atoms with E-state index in [-0.39, 0.29) is 12.4 Å². The van der Waals surface area contributed by atoms with Crippen molar-refractivity contribution in [1.29, 1.82) is 0 Å². The lowest BCUT2D eigenvalue weighted by molar-refractivity contribution is -0.384. The number of nitro groups is 1. The van der Waals surface area contributed by atoms with Crippen LogP contribution in [0.4, 0.5) is 5.69 Å². The van der Waals surface area contributed by atoms with Crippen molar-refractivity contribution in [2.75, 3.05) is 21.3 Å². The predicted octanol–water partition coefficient (Wildman–Crippen LogP) is 3.60. The fourth-order valence-corrected chi connectivity index (χ4v) is 2.82. The first kappa shape index (κ1) is 19.6. The summed E-state index contributed by atoms with van der Waals surface area (Å²) in [7, 11) is 4.65. The van der Waals surface area contributed by atoms with Gasteiger partial charge >= 0.3 is 0 Å². The quantitative estimate of drug-likeness (QED) is 0.331. The molecule has 0 aliphatic rings.